The van der Waals surface area contributed by atoms with Gasteiger partial charge < -0.3 is 15.7 Å². The van der Waals surface area contributed by atoms with Gasteiger partial charge in [-0.2, -0.15) is 5.10 Å². The summed E-state index contributed by atoms with van der Waals surface area (Å²) in [5.74, 6) is -1.42. The Bertz CT molecular complexity index is 773. The zero-order chi connectivity index (χ0) is 18.4. The first-order chi connectivity index (χ1) is 11.8. The lowest BCUT2D eigenvalue weighted by atomic mass is 10.0. The number of rotatable bonds is 7. The number of nitrogens with zero attached hydrogens (tertiary/aromatic N) is 2. The number of carboxylic acid groups (broad SMARTS) is 1. The number of benzene rings is 1. The normalized spacial score (nSPS) is 11.6. The van der Waals surface area contributed by atoms with Gasteiger partial charge in [-0.05, 0) is 17.7 Å². The molecule has 2 aromatic rings. The number of nitrogens with one attached hydrogen (secondary N) is 2. The second kappa shape index (κ2) is 8.29. The number of carboxylic acids is 1. The maximum atomic E-state index is 12.2. The van der Waals surface area contributed by atoms with E-state index in [0.717, 1.165) is 5.56 Å². The van der Waals surface area contributed by atoms with E-state index in [1.54, 1.807) is 24.3 Å². The SMILES string of the molecule is CC(=O)NC(CC(=O)Nc1ccn(CC(=O)O)n1)c1ccc(Cl)cc1. The van der Waals surface area contributed by atoms with Gasteiger partial charge in [0.1, 0.15) is 6.54 Å². The summed E-state index contributed by atoms with van der Waals surface area (Å²) in [6, 6.07) is 7.80. The molecule has 0 aliphatic carbocycles. The summed E-state index contributed by atoms with van der Waals surface area (Å²) in [5, 5.41) is 18.5. The molecule has 1 unspecified atom stereocenters. The lowest BCUT2D eigenvalue weighted by molar-refractivity contribution is -0.137. The molecule has 0 aliphatic heterocycles. The summed E-state index contributed by atoms with van der Waals surface area (Å²) in [5.41, 5.74) is 0.742. The van der Waals surface area contributed by atoms with Crippen LogP contribution in [0.5, 0.6) is 0 Å². The van der Waals surface area contributed by atoms with Crippen molar-refractivity contribution in [1.29, 1.82) is 0 Å². The van der Waals surface area contributed by atoms with E-state index in [1.165, 1.54) is 23.9 Å². The summed E-state index contributed by atoms with van der Waals surface area (Å²) < 4.78 is 1.20. The maximum Gasteiger partial charge on any atom is 0.325 e. The molecule has 25 heavy (non-hydrogen) atoms. The molecule has 1 atom stereocenters. The molecule has 0 fully saturated rings. The van der Waals surface area contributed by atoms with Crippen molar-refractivity contribution in [3.63, 3.8) is 0 Å². The van der Waals surface area contributed by atoms with E-state index in [1.807, 2.05) is 0 Å². The van der Waals surface area contributed by atoms with Gasteiger partial charge in [0, 0.05) is 24.2 Å². The molecule has 132 valence electrons. The minimum atomic E-state index is -1.03. The first kappa shape index (κ1) is 18.5. The summed E-state index contributed by atoms with van der Waals surface area (Å²) in [6.07, 6.45) is 1.45. The van der Waals surface area contributed by atoms with Gasteiger partial charge in [0.15, 0.2) is 5.82 Å². The van der Waals surface area contributed by atoms with Crippen molar-refractivity contribution >= 4 is 35.2 Å². The molecule has 1 aromatic heterocycles. The number of halogens is 1. The molecule has 2 rings (SSSR count). The first-order valence-electron chi connectivity index (χ1n) is 7.41. The Morgan fingerprint density at radius 2 is 1.92 bits per heavy atom. The van der Waals surface area contributed by atoms with Crippen LogP contribution in [-0.4, -0.2) is 32.7 Å². The maximum absolute atomic E-state index is 12.2. The molecule has 0 radical (unpaired) electrons. The number of amides is 2. The third-order valence-corrected chi connectivity index (χ3v) is 3.50. The number of hydrogen-bond acceptors (Lipinski definition) is 4. The topological polar surface area (TPSA) is 113 Å². The van der Waals surface area contributed by atoms with Crippen molar-refractivity contribution < 1.29 is 19.5 Å². The van der Waals surface area contributed by atoms with Crippen LogP contribution in [-0.2, 0) is 20.9 Å². The number of aromatic nitrogens is 2. The molecule has 3 N–H and O–H groups in total. The minimum absolute atomic E-state index is 0.00694. The van der Waals surface area contributed by atoms with E-state index in [2.05, 4.69) is 15.7 Å². The van der Waals surface area contributed by atoms with E-state index in [9.17, 15) is 14.4 Å². The molecule has 0 aliphatic rings. The molecule has 0 spiro atoms. The summed E-state index contributed by atoms with van der Waals surface area (Å²) in [7, 11) is 0. The summed E-state index contributed by atoms with van der Waals surface area (Å²) in [4.78, 5) is 34.3. The van der Waals surface area contributed by atoms with E-state index < -0.39 is 12.0 Å². The monoisotopic (exact) mass is 364 g/mol. The van der Waals surface area contributed by atoms with Crippen LogP contribution in [0.3, 0.4) is 0 Å². The lowest BCUT2D eigenvalue weighted by Crippen LogP contribution is -2.29. The highest BCUT2D eigenvalue weighted by Crippen LogP contribution is 2.20. The molecular weight excluding hydrogens is 348 g/mol. The highest BCUT2D eigenvalue weighted by molar-refractivity contribution is 6.30. The van der Waals surface area contributed by atoms with Gasteiger partial charge in [-0.15, -0.1) is 0 Å². The molecule has 2 amide bonds. The van der Waals surface area contributed by atoms with Crippen molar-refractivity contribution in [1.82, 2.24) is 15.1 Å². The van der Waals surface area contributed by atoms with Crippen LogP contribution < -0.4 is 10.6 Å². The van der Waals surface area contributed by atoms with E-state index in [0.29, 0.717) is 5.02 Å². The number of aliphatic carboxylic acids is 1. The highest BCUT2D eigenvalue weighted by Gasteiger charge is 2.18. The number of carbonyl (C=O) groups is 3. The van der Waals surface area contributed by atoms with Gasteiger partial charge in [-0.1, -0.05) is 23.7 Å². The fraction of sp³-hybridized carbons (Fsp3) is 0.250. The first-order valence-corrected chi connectivity index (χ1v) is 7.79. The molecule has 0 bridgehead atoms. The van der Waals surface area contributed by atoms with E-state index >= 15 is 0 Å². The van der Waals surface area contributed by atoms with Gasteiger partial charge in [-0.3, -0.25) is 19.1 Å². The van der Waals surface area contributed by atoms with Crippen molar-refractivity contribution in [3.05, 3.63) is 47.1 Å². The van der Waals surface area contributed by atoms with Crippen LogP contribution in [0.15, 0.2) is 36.5 Å². The molecule has 0 saturated heterocycles. The quantitative estimate of drug-likeness (QED) is 0.693. The summed E-state index contributed by atoms with van der Waals surface area (Å²) >= 11 is 5.85. The number of anilines is 1. The smallest absolute Gasteiger partial charge is 0.325 e. The van der Waals surface area contributed by atoms with Gasteiger partial charge >= 0.3 is 5.97 Å². The van der Waals surface area contributed by atoms with Gasteiger partial charge in [0.05, 0.1) is 12.5 Å². The third kappa shape index (κ3) is 5.92. The van der Waals surface area contributed by atoms with Crippen LogP contribution in [0, 0.1) is 0 Å². The van der Waals surface area contributed by atoms with Crippen molar-refractivity contribution in [3.8, 4) is 0 Å². The van der Waals surface area contributed by atoms with Crippen LogP contribution in [0.25, 0.3) is 0 Å². The summed E-state index contributed by atoms with van der Waals surface area (Å²) in [6.45, 7) is 1.07. The standard InChI is InChI=1S/C16H17ClN4O4/c1-10(22)18-13(11-2-4-12(17)5-3-11)8-15(23)19-14-6-7-21(20-14)9-16(24)25/h2-7,13H,8-9H2,1H3,(H,18,22)(H,24,25)(H,19,20,23). The molecular formula is C16H17ClN4O4. The Labute approximate surface area is 148 Å². The second-order valence-corrected chi connectivity index (χ2v) is 5.79. The lowest BCUT2D eigenvalue weighted by Gasteiger charge is -2.17. The van der Waals surface area contributed by atoms with Crippen molar-refractivity contribution in [2.24, 2.45) is 0 Å². The van der Waals surface area contributed by atoms with Crippen LogP contribution >= 0.6 is 11.6 Å². The number of carbonyl (C=O) groups excluding carboxylic acids is 2. The average Bonchev–Trinajstić information content (AvgIpc) is 2.93. The highest BCUT2D eigenvalue weighted by atomic mass is 35.5. The Morgan fingerprint density at radius 3 is 2.52 bits per heavy atom. The zero-order valence-electron chi connectivity index (χ0n) is 13.4. The van der Waals surface area contributed by atoms with E-state index in [4.69, 9.17) is 16.7 Å². The molecule has 9 heteroatoms. The second-order valence-electron chi connectivity index (χ2n) is 5.35. The minimum Gasteiger partial charge on any atom is -0.480 e. The van der Waals surface area contributed by atoms with Crippen LogP contribution in [0.2, 0.25) is 5.02 Å². The Hall–Kier alpha value is -2.87. The van der Waals surface area contributed by atoms with Gasteiger partial charge in [0.25, 0.3) is 0 Å². The predicted molar refractivity (Wildman–Crippen MR) is 91.1 cm³/mol. The van der Waals surface area contributed by atoms with Crippen molar-refractivity contribution in [2.75, 3.05) is 5.32 Å². The zero-order valence-corrected chi connectivity index (χ0v) is 14.2. The Balaban J connectivity index is 2.03. The van der Waals surface area contributed by atoms with Gasteiger partial charge in [0.2, 0.25) is 11.8 Å². The van der Waals surface area contributed by atoms with E-state index in [-0.39, 0.29) is 30.6 Å². The fourth-order valence-electron chi connectivity index (χ4n) is 2.23. The third-order valence-electron chi connectivity index (χ3n) is 3.24. The van der Waals surface area contributed by atoms with Crippen molar-refractivity contribution in [2.45, 2.75) is 25.9 Å². The molecule has 1 aromatic carbocycles. The average molecular weight is 365 g/mol. The molecule has 8 nitrogen and oxygen atoms in total. The van der Waals surface area contributed by atoms with Crippen LogP contribution in [0.4, 0.5) is 5.82 Å². The number of hydrogen-bond donors (Lipinski definition) is 3. The Kier molecular flexibility index (Phi) is 6.13. The van der Waals surface area contributed by atoms with Gasteiger partial charge in [-0.25, -0.2) is 0 Å². The van der Waals surface area contributed by atoms with Crippen LogP contribution in [0.1, 0.15) is 24.9 Å². The Morgan fingerprint density at radius 1 is 1.24 bits per heavy atom. The predicted octanol–water partition coefficient (Wildman–Crippen LogP) is 1.83. The largest absolute Gasteiger partial charge is 0.480 e. The molecule has 1 heterocycles. The molecule has 0 saturated carbocycles. The fourth-order valence-corrected chi connectivity index (χ4v) is 2.35.